The Labute approximate surface area is 139 Å². The van der Waals surface area contributed by atoms with Crippen molar-refractivity contribution in [2.24, 2.45) is 11.7 Å². The minimum atomic E-state index is -0.236. The molecule has 120 valence electrons. The van der Waals surface area contributed by atoms with Crippen LogP contribution < -0.4 is 11.1 Å². The maximum Gasteiger partial charge on any atom is 0.241 e. The molecule has 1 aliphatic rings. The van der Waals surface area contributed by atoms with Crippen LogP contribution in [-0.4, -0.2) is 35.8 Å². The number of primary amides is 1. The maximum atomic E-state index is 12.4. The molecular formula is C16H22BrN3O2. The third-order valence-corrected chi connectivity index (χ3v) is 4.90. The number of nitrogens with zero attached hydrogens (tertiary/aromatic N) is 1. The van der Waals surface area contributed by atoms with Crippen LogP contribution >= 0.6 is 15.9 Å². The smallest absolute Gasteiger partial charge is 0.241 e. The second-order valence-electron chi connectivity index (χ2n) is 5.86. The number of likely N-dealkylation sites (tertiary alicyclic amines) is 1. The van der Waals surface area contributed by atoms with Gasteiger partial charge in [0.05, 0.1) is 11.7 Å². The van der Waals surface area contributed by atoms with Crippen molar-refractivity contribution in [3.8, 4) is 0 Å². The minimum Gasteiger partial charge on any atom is -0.369 e. The van der Waals surface area contributed by atoms with Crippen molar-refractivity contribution >= 4 is 33.4 Å². The quantitative estimate of drug-likeness (QED) is 0.856. The van der Waals surface area contributed by atoms with E-state index in [2.05, 4.69) is 26.1 Å². The molecule has 0 aromatic heterocycles. The van der Waals surface area contributed by atoms with Crippen molar-refractivity contribution in [2.75, 3.05) is 18.4 Å². The van der Waals surface area contributed by atoms with Crippen LogP contribution in [0.5, 0.6) is 0 Å². The van der Waals surface area contributed by atoms with Crippen LogP contribution in [0.15, 0.2) is 22.7 Å². The molecule has 1 atom stereocenters. The number of halogens is 1. The van der Waals surface area contributed by atoms with E-state index in [4.69, 9.17) is 5.73 Å². The van der Waals surface area contributed by atoms with Crippen LogP contribution in [0.4, 0.5) is 5.69 Å². The Morgan fingerprint density at radius 3 is 2.55 bits per heavy atom. The van der Waals surface area contributed by atoms with E-state index in [0.29, 0.717) is 0 Å². The predicted molar refractivity (Wildman–Crippen MR) is 90.5 cm³/mol. The van der Waals surface area contributed by atoms with Crippen LogP contribution in [0.1, 0.15) is 25.3 Å². The lowest BCUT2D eigenvalue weighted by Gasteiger charge is -2.34. The minimum absolute atomic E-state index is 0.0397. The summed E-state index contributed by atoms with van der Waals surface area (Å²) in [5, 5.41) is 2.95. The summed E-state index contributed by atoms with van der Waals surface area (Å²) in [7, 11) is 0. The van der Waals surface area contributed by atoms with Gasteiger partial charge in [-0.3, -0.25) is 14.5 Å². The Hall–Kier alpha value is -1.40. The molecule has 0 saturated carbocycles. The fraction of sp³-hybridized carbons (Fsp3) is 0.500. The van der Waals surface area contributed by atoms with Crippen molar-refractivity contribution in [2.45, 2.75) is 32.7 Å². The third kappa shape index (κ3) is 4.08. The van der Waals surface area contributed by atoms with E-state index >= 15 is 0 Å². The highest BCUT2D eigenvalue weighted by Crippen LogP contribution is 2.24. The van der Waals surface area contributed by atoms with Gasteiger partial charge in [-0.25, -0.2) is 0 Å². The van der Waals surface area contributed by atoms with Gasteiger partial charge < -0.3 is 11.1 Å². The molecule has 6 heteroatoms. The van der Waals surface area contributed by atoms with Gasteiger partial charge in [-0.2, -0.15) is 0 Å². The number of piperidine rings is 1. The van der Waals surface area contributed by atoms with Crippen molar-refractivity contribution in [3.05, 3.63) is 28.2 Å². The second-order valence-corrected chi connectivity index (χ2v) is 6.72. The van der Waals surface area contributed by atoms with Crippen molar-refractivity contribution in [1.82, 2.24) is 4.90 Å². The lowest BCUT2D eigenvalue weighted by atomic mass is 9.95. The lowest BCUT2D eigenvalue weighted by Crippen LogP contribution is -2.47. The summed E-state index contributed by atoms with van der Waals surface area (Å²) in [4.78, 5) is 25.7. The summed E-state index contributed by atoms with van der Waals surface area (Å²) in [6.45, 7) is 5.33. The Kier molecular flexibility index (Phi) is 5.58. The van der Waals surface area contributed by atoms with E-state index in [-0.39, 0.29) is 23.8 Å². The average molecular weight is 368 g/mol. The van der Waals surface area contributed by atoms with Gasteiger partial charge in [-0.15, -0.1) is 0 Å². The zero-order valence-electron chi connectivity index (χ0n) is 12.9. The van der Waals surface area contributed by atoms with E-state index in [1.807, 2.05) is 32.0 Å². The number of nitrogens with two attached hydrogens (primary N) is 1. The zero-order valence-corrected chi connectivity index (χ0v) is 14.5. The zero-order chi connectivity index (χ0) is 16.3. The molecule has 0 bridgehead atoms. The number of aryl methyl sites for hydroxylation is 1. The monoisotopic (exact) mass is 367 g/mol. The van der Waals surface area contributed by atoms with Gasteiger partial charge in [0.2, 0.25) is 11.8 Å². The first-order valence-corrected chi connectivity index (χ1v) is 8.28. The Bertz CT molecular complexity index is 569. The van der Waals surface area contributed by atoms with E-state index in [0.717, 1.165) is 41.7 Å². The highest BCUT2D eigenvalue weighted by Gasteiger charge is 2.28. The maximum absolute atomic E-state index is 12.4. The Morgan fingerprint density at radius 2 is 2.00 bits per heavy atom. The Balaban J connectivity index is 1.94. The number of anilines is 1. The molecule has 1 fully saturated rings. The van der Waals surface area contributed by atoms with Gasteiger partial charge in [-0.05, 0) is 73.4 Å². The number of nitrogens with one attached hydrogen (secondary N) is 1. The number of carbonyl (C=O) groups is 2. The van der Waals surface area contributed by atoms with Gasteiger partial charge >= 0.3 is 0 Å². The fourth-order valence-electron chi connectivity index (χ4n) is 2.70. The number of rotatable bonds is 4. The topological polar surface area (TPSA) is 75.4 Å². The average Bonchev–Trinajstić information content (AvgIpc) is 2.49. The normalized spacial score (nSPS) is 18.0. The van der Waals surface area contributed by atoms with Crippen LogP contribution in [0.25, 0.3) is 0 Å². The van der Waals surface area contributed by atoms with Crippen molar-refractivity contribution < 1.29 is 9.59 Å². The van der Waals surface area contributed by atoms with Crippen molar-refractivity contribution in [3.63, 3.8) is 0 Å². The second kappa shape index (κ2) is 7.24. The highest BCUT2D eigenvalue weighted by molar-refractivity contribution is 9.10. The molecule has 0 unspecified atom stereocenters. The first-order chi connectivity index (χ1) is 10.4. The SMILES string of the molecule is Cc1ccc(NC(=O)[C@@H](C)N2CCC(C(N)=O)CC2)c(Br)c1. The van der Waals surface area contributed by atoms with E-state index in [9.17, 15) is 9.59 Å². The molecule has 22 heavy (non-hydrogen) atoms. The van der Waals surface area contributed by atoms with Gasteiger partial charge in [-0.1, -0.05) is 6.07 Å². The fourth-order valence-corrected chi connectivity index (χ4v) is 3.29. The van der Waals surface area contributed by atoms with Gasteiger partial charge in [0.25, 0.3) is 0 Å². The summed E-state index contributed by atoms with van der Waals surface area (Å²) >= 11 is 3.46. The van der Waals surface area contributed by atoms with Gasteiger partial charge in [0, 0.05) is 10.4 Å². The van der Waals surface area contributed by atoms with Crippen LogP contribution in [0.2, 0.25) is 0 Å². The molecule has 0 radical (unpaired) electrons. The first kappa shape index (κ1) is 17.0. The summed E-state index contributed by atoms with van der Waals surface area (Å²) in [5.74, 6) is -0.333. The molecule has 2 amide bonds. The van der Waals surface area contributed by atoms with Gasteiger partial charge in [0.15, 0.2) is 0 Å². The van der Waals surface area contributed by atoms with Crippen LogP contribution in [0.3, 0.4) is 0 Å². The lowest BCUT2D eigenvalue weighted by molar-refractivity contribution is -0.124. The van der Waals surface area contributed by atoms with Crippen molar-refractivity contribution in [1.29, 1.82) is 0 Å². The van der Waals surface area contributed by atoms with E-state index < -0.39 is 0 Å². The number of hydrogen-bond acceptors (Lipinski definition) is 3. The van der Waals surface area contributed by atoms with E-state index in [1.54, 1.807) is 0 Å². The molecule has 1 aromatic rings. The van der Waals surface area contributed by atoms with Crippen LogP contribution in [-0.2, 0) is 9.59 Å². The van der Waals surface area contributed by atoms with Gasteiger partial charge in [0.1, 0.15) is 0 Å². The number of carbonyl (C=O) groups excluding carboxylic acids is 2. The molecule has 3 N–H and O–H groups in total. The standard InChI is InChI=1S/C16H22BrN3O2/c1-10-3-4-14(13(17)9-10)19-16(22)11(2)20-7-5-12(6-8-20)15(18)21/h3-4,9,11-12H,5-8H2,1-2H3,(H2,18,21)(H,19,22)/t11-/m1/s1. The number of benzene rings is 1. The molecular weight excluding hydrogens is 346 g/mol. The molecule has 0 spiro atoms. The third-order valence-electron chi connectivity index (χ3n) is 4.24. The molecule has 1 aromatic carbocycles. The van der Waals surface area contributed by atoms with E-state index in [1.165, 1.54) is 0 Å². The predicted octanol–water partition coefficient (Wildman–Crippen LogP) is 2.28. The molecule has 1 heterocycles. The summed E-state index contributed by atoms with van der Waals surface area (Å²) in [6, 6.07) is 5.59. The first-order valence-electron chi connectivity index (χ1n) is 7.49. The summed E-state index contributed by atoms with van der Waals surface area (Å²) in [6.07, 6.45) is 1.45. The molecule has 2 rings (SSSR count). The number of hydrogen-bond donors (Lipinski definition) is 2. The summed E-state index contributed by atoms with van der Waals surface area (Å²) in [5.41, 5.74) is 7.24. The molecule has 5 nitrogen and oxygen atoms in total. The largest absolute Gasteiger partial charge is 0.369 e. The molecule has 1 aliphatic heterocycles. The molecule has 0 aliphatic carbocycles. The molecule has 1 saturated heterocycles. The number of amides is 2. The van der Waals surface area contributed by atoms with Crippen LogP contribution in [0, 0.1) is 12.8 Å². The Morgan fingerprint density at radius 1 is 1.36 bits per heavy atom. The highest BCUT2D eigenvalue weighted by atomic mass is 79.9. The summed E-state index contributed by atoms with van der Waals surface area (Å²) < 4.78 is 0.875.